The lowest BCUT2D eigenvalue weighted by atomic mass is 9.88. The molecule has 3 rings (SSSR count). The molecule has 0 aromatic heterocycles. The quantitative estimate of drug-likeness (QED) is 0.513. The first-order valence-electron chi connectivity index (χ1n) is 10.5. The number of sulfonamides is 1. The SMILES string of the molecule is COCN1CCC(C)CC1CCC1CCCCN1S(=O)(=O)c1cccc(Cl)c1Br. The fourth-order valence-electron chi connectivity index (χ4n) is 4.71. The van der Waals surface area contributed by atoms with Crippen molar-refractivity contribution in [1.29, 1.82) is 0 Å². The van der Waals surface area contributed by atoms with Gasteiger partial charge < -0.3 is 4.74 Å². The molecule has 0 radical (unpaired) electrons. The summed E-state index contributed by atoms with van der Waals surface area (Å²) >= 11 is 9.55. The van der Waals surface area contributed by atoms with Gasteiger partial charge in [-0.3, -0.25) is 4.90 Å². The Hall–Kier alpha value is -0.180. The summed E-state index contributed by atoms with van der Waals surface area (Å²) in [5.41, 5.74) is 0. The number of methoxy groups -OCH3 is 1. The third-order valence-corrected chi connectivity index (χ3v) is 9.96. The second-order valence-electron chi connectivity index (χ2n) is 8.41. The summed E-state index contributed by atoms with van der Waals surface area (Å²) in [7, 11) is -1.84. The van der Waals surface area contributed by atoms with Crippen LogP contribution >= 0.6 is 27.5 Å². The maximum absolute atomic E-state index is 13.4. The molecule has 1 aromatic carbocycles. The number of nitrogens with zero attached hydrogens (tertiary/aromatic N) is 2. The van der Waals surface area contributed by atoms with E-state index in [1.807, 2.05) is 0 Å². The van der Waals surface area contributed by atoms with Crippen molar-refractivity contribution in [3.63, 3.8) is 0 Å². The molecule has 5 nitrogen and oxygen atoms in total. The van der Waals surface area contributed by atoms with E-state index in [0.717, 1.165) is 45.1 Å². The smallest absolute Gasteiger partial charge is 0.244 e. The molecule has 0 N–H and O–H groups in total. The van der Waals surface area contributed by atoms with E-state index in [1.54, 1.807) is 29.6 Å². The Morgan fingerprint density at radius 2 is 1.93 bits per heavy atom. The van der Waals surface area contributed by atoms with Crippen molar-refractivity contribution >= 4 is 37.6 Å². The normalized spacial score (nSPS) is 27.2. The molecule has 1 aromatic rings. The average molecular weight is 508 g/mol. The summed E-state index contributed by atoms with van der Waals surface area (Å²) in [5.74, 6) is 0.710. The number of rotatable bonds is 7. The van der Waals surface area contributed by atoms with Crippen molar-refractivity contribution in [3.05, 3.63) is 27.7 Å². The minimum Gasteiger partial charge on any atom is -0.369 e. The topological polar surface area (TPSA) is 49.9 Å². The average Bonchev–Trinajstić information content (AvgIpc) is 2.70. The van der Waals surface area contributed by atoms with E-state index in [-0.39, 0.29) is 10.9 Å². The Morgan fingerprint density at radius 1 is 1.17 bits per heavy atom. The number of hydrogen-bond acceptors (Lipinski definition) is 4. The van der Waals surface area contributed by atoms with Crippen LogP contribution in [-0.4, -0.2) is 56.6 Å². The van der Waals surface area contributed by atoms with E-state index in [9.17, 15) is 8.42 Å². The van der Waals surface area contributed by atoms with Crippen LogP contribution in [0.1, 0.15) is 51.9 Å². The largest absolute Gasteiger partial charge is 0.369 e. The molecule has 0 amide bonds. The van der Waals surface area contributed by atoms with Crippen LogP contribution in [0.2, 0.25) is 5.02 Å². The van der Waals surface area contributed by atoms with Gasteiger partial charge >= 0.3 is 0 Å². The lowest BCUT2D eigenvalue weighted by Gasteiger charge is -2.40. The second kappa shape index (κ2) is 10.4. The van der Waals surface area contributed by atoms with Gasteiger partial charge in [-0.1, -0.05) is 31.0 Å². The van der Waals surface area contributed by atoms with Gasteiger partial charge in [-0.2, -0.15) is 4.31 Å². The number of piperidine rings is 2. The van der Waals surface area contributed by atoms with Gasteiger partial charge in [-0.25, -0.2) is 8.42 Å². The minimum atomic E-state index is -3.59. The molecule has 29 heavy (non-hydrogen) atoms. The van der Waals surface area contributed by atoms with E-state index >= 15 is 0 Å². The molecule has 0 bridgehead atoms. The van der Waals surface area contributed by atoms with Gasteiger partial charge in [0.05, 0.1) is 21.1 Å². The van der Waals surface area contributed by atoms with Gasteiger partial charge in [0.15, 0.2) is 0 Å². The van der Waals surface area contributed by atoms with Crippen LogP contribution in [0.15, 0.2) is 27.6 Å². The summed E-state index contributed by atoms with van der Waals surface area (Å²) in [6, 6.07) is 5.54. The highest BCUT2D eigenvalue weighted by atomic mass is 79.9. The van der Waals surface area contributed by atoms with E-state index in [4.69, 9.17) is 16.3 Å². The van der Waals surface area contributed by atoms with Crippen molar-refractivity contribution < 1.29 is 13.2 Å². The van der Waals surface area contributed by atoms with Crippen LogP contribution in [0.4, 0.5) is 0 Å². The maximum atomic E-state index is 13.4. The molecule has 0 aliphatic carbocycles. The van der Waals surface area contributed by atoms with Gasteiger partial charge in [0.1, 0.15) is 0 Å². The fourth-order valence-corrected chi connectivity index (χ4v) is 7.63. The Balaban J connectivity index is 1.75. The Labute approximate surface area is 188 Å². The zero-order chi connectivity index (χ0) is 21.0. The fraction of sp³-hybridized carbons (Fsp3) is 0.714. The van der Waals surface area contributed by atoms with E-state index in [1.165, 1.54) is 6.42 Å². The van der Waals surface area contributed by atoms with Crippen LogP contribution < -0.4 is 0 Å². The Kier molecular flexibility index (Phi) is 8.44. The van der Waals surface area contributed by atoms with Gasteiger partial charge in [-0.15, -0.1) is 0 Å². The highest BCUT2D eigenvalue weighted by Crippen LogP contribution is 2.35. The zero-order valence-electron chi connectivity index (χ0n) is 17.3. The Bertz CT molecular complexity index is 792. The summed E-state index contributed by atoms with van der Waals surface area (Å²) in [4.78, 5) is 2.68. The van der Waals surface area contributed by atoms with Gasteiger partial charge in [0.2, 0.25) is 10.0 Å². The molecule has 164 valence electrons. The summed E-state index contributed by atoms with van der Waals surface area (Å²) in [6.45, 7) is 4.60. The van der Waals surface area contributed by atoms with Crippen LogP contribution in [0, 0.1) is 5.92 Å². The van der Waals surface area contributed by atoms with Gasteiger partial charge in [0, 0.05) is 32.3 Å². The Morgan fingerprint density at radius 3 is 2.69 bits per heavy atom. The molecule has 2 aliphatic heterocycles. The number of likely N-dealkylation sites (tertiary alicyclic amines) is 1. The lowest BCUT2D eigenvalue weighted by molar-refractivity contribution is -0.00126. The highest BCUT2D eigenvalue weighted by molar-refractivity contribution is 9.10. The summed E-state index contributed by atoms with van der Waals surface area (Å²) in [5, 5.41) is 0.422. The predicted molar refractivity (Wildman–Crippen MR) is 121 cm³/mol. The monoisotopic (exact) mass is 506 g/mol. The van der Waals surface area contributed by atoms with Crippen molar-refractivity contribution in [2.24, 2.45) is 5.92 Å². The first kappa shape index (κ1) is 23.5. The summed E-state index contributed by atoms with van der Waals surface area (Å²) in [6.07, 6.45) is 7.15. The van der Waals surface area contributed by atoms with E-state index in [2.05, 4.69) is 27.8 Å². The summed E-state index contributed by atoms with van der Waals surface area (Å²) < 4.78 is 34.5. The molecule has 2 aliphatic rings. The van der Waals surface area contributed by atoms with E-state index < -0.39 is 10.0 Å². The molecule has 2 fully saturated rings. The standard InChI is InChI=1S/C21H32BrClN2O3S/c1-16-11-13-24(15-28-2)18(14-16)10-9-17-6-3-4-12-25(17)29(26,27)20-8-5-7-19(23)21(20)22/h5,7-8,16-18H,3-4,6,9-15H2,1-2H3. The molecule has 3 atom stereocenters. The zero-order valence-corrected chi connectivity index (χ0v) is 20.5. The molecular formula is C21H32BrClN2O3S. The minimum absolute atomic E-state index is 0.0428. The molecule has 3 unspecified atom stereocenters. The molecular weight excluding hydrogens is 476 g/mol. The molecule has 0 spiro atoms. The third kappa shape index (κ3) is 5.55. The van der Waals surface area contributed by atoms with Crippen LogP contribution in [0.5, 0.6) is 0 Å². The van der Waals surface area contributed by atoms with Gasteiger partial charge in [-0.05, 0) is 72.5 Å². The van der Waals surface area contributed by atoms with Crippen molar-refractivity contribution in [2.45, 2.75) is 68.8 Å². The molecule has 2 heterocycles. The second-order valence-corrected chi connectivity index (χ2v) is 11.5. The first-order valence-corrected chi connectivity index (χ1v) is 13.1. The molecule has 2 saturated heterocycles. The molecule has 0 saturated carbocycles. The number of halogens is 2. The van der Waals surface area contributed by atoms with Crippen molar-refractivity contribution in [2.75, 3.05) is 26.9 Å². The van der Waals surface area contributed by atoms with Crippen LogP contribution in [0.25, 0.3) is 0 Å². The highest BCUT2D eigenvalue weighted by Gasteiger charge is 2.36. The van der Waals surface area contributed by atoms with E-state index in [0.29, 0.717) is 34.7 Å². The van der Waals surface area contributed by atoms with Crippen molar-refractivity contribution in [3.8, 4) is 0 Å². The number of hydrogen-bond donors (Lipinski definition) is 0. The predicted octanol–water partition coefficient (Wildman–Crippen LogP) is 5.13. The van der Waals surface area contributed by atoms with Gasteiger partial charge in [0.25, 0.3) is 0 Å². The maximum Gasteiger partial charge on any atom is 0.244 e. The molecule has 8 heteroatoms. The van der Waals surface area contributed by atoms with Crippen LogP contribution in [0.3, 0.4) is 0 Å². The van der Waals surface area contributed by atoms with Crippen molar-refractivity contribution in [1.82, 2.24) is 9.21 Å². The third-order valence-electron chi connectivity index (χ3n) is 6.30. The first-order chi connectivity index (χ1) is 13.8. The lowest BCUT2D eigenvalue weighted by Crippen LogP contribution is -2.46. The van der Waals surface area contributed by atoms with Crippen LogP contribution in [-0.2, 0) is 14.8 Å². The number of benzene rings is 1. The number of ether oxygens (including phenoxy) is 1.